The van der Waals surface area contributed by atoms with Gasteiger partial charge in [-0.25, -0.2) is 0 Å². The number of nitrogens with two attached hydrogens (primary N) is 1. The van der Waals surface area contributed by atoms with Crippen molar-refractivity contribution in [1.29, 1.82) is 0 Å². The van der Waals surface area contributed by atoms with Gasteiger partial charge in [0.1, 0.15) is 0 Å². The van der Waals surface area contributed by atoms with Gasteiger partial charge in [0, 0.05) is 28.4 Å². The average molecular weight is 342 g/mol. The van der Waals surface area contributed by atoms with Crippen LogP contribution in [0.3, 0.4) is 0 Å². The minimum atomic E-state index is 0.741. The zero-order chi connectivity index (χ0) is 12.4. The highest BCUT2D eigenvalue weighted by Crippen LogP contribution is 2.21. The maximum absolute atomic E-state index is 5.94. The van der Waals surface area contributed by atoms with Crippen LogP contribution in [0.2, 0.25) is 0 Å². The Morgan fingerprint density at radius 1 is 1.47 bits per heavy atom. The lowest BCUT2D eigenvalue weighted by atomic mass is 10.2. The van der Waals surface area contributed by atoms with Crippen molar-refractivity contribution in [1.82, 2.24) is 9.78 Å². The first-order valence-electron chi connectivity index (χ1n) is 5.34. The van der Waals surface area contributed by atoms with Crippen molar-refractivity contribution in [2.24, 2.45) is 7.05 Å². The van der Waals surface area contributed by atoms with Gasteiger partial charge in [-0.1, -0.05) is 0 Å². The number of halogens is 1. The first kappa shape index (κ1) is 12.2. The highest BCUT2D eigenvalue weighted by molar-refractivity contribution is 14.1. The Morgan fingerprint density at radius 2 is 2.24 bits per heavy atom. The maximum Gasteiger partial charge on any atom is 0.0577 e. The van der Waals surface area contributed by atoms with Gasteiger partial charge >= 0.3 is 0 Å². The molecule has 2 aromatic rings. The smallest absolute Gasteiger partial charge is 0.0577 e. The number of anilines is 2. The van der Waals surface area contributed by atoms with Gasteiger partial charge in [0.05, 0.1) is 17.6 Å². The molecule has 0 spiro atoms. The Bertz CT molecular complexity index is 533. The summed E-state index contributed by atoms with van der Waals surface area (Å²) in [4.78, 5) is 0. The van der Waals surface area contributed by atoms with Gasteiger partial charge in [0.2, 0.25) is 0 Å². The summed E-state index contributed by atoms with van der Waals surface area (Å²) in [6.45, 7) is 2.80. The van der Waals surface area contributed by atoms with Gasteiger partial charge in [-0.3, -0.25) is 4.68 Å². The fourth-order valence-electron chi connectivity index (χ4n) is 1.60. The average Bonchev–Trinajstić information content (AvgIpc) is 2.59. The second-order valence-electron chi connectivity index (χ2n) is 3.96. The second kappa shape index (κ2) is 4.95. The topological polar surface area (TPSA) is 55.9 Å². The molecular formula is C12H15IN4. The third-order valence-corrected chi connectivity index (χ3v) is 3.49. The van der Waals surface area contributed by atoms with Crippen LogP contribution in [0, 0.1) is 10.5 Å². The van der Waals surface area contributed by atoms with Gasteiger partial charge in [0.25, 0.3) is 0 Å². The molecule has 90 valence electrons. The summed E-state index contributed by atoms with van der Waals surface area (Å²) in [6.07, 6.45) is 1.88. The summed E-state index contributed by atoms with van der Waals surface area (Å²) in [7, 11) is 1.94. The van der Waals surface area contributed by atoms with Gasteiger partial charge in [-0.05, 0) is 47.7 Å². The van der Waals surface area contributed by atoms with Crippen LogP contribution in [0.1, 0.15) is 11.3 Å². The van der Waals surface area contributed by atoms with Gasteiger partial charge < -0.3 is 11.1 Å². The van der Waals surface area contributed by atoms with E-state index in [0.717, 1.165) is 21.5 Å². The molecule has 0 saturated heterocycles. The number of hydrogen-bond acceptors (Lipinski definition) is 3. The normalized spacial score (nSPS) is 10.5. The standard InChI is InChI=1S/C12H15IN4/c1-8-9(7-16-17(8)2)6-15-12-4-3-10(13)5-11(12)14/h3-5,7,15H,6,14H2,1-2H3. The summed E-state index contributed by atoms with van der Waals surface area (Å²) in [5.74, 6) is 0. The van der Waals surface area contributed by atoms with Gasteiger partial charge in [-0.2, -0.15) is 5.10 Å². The molecule has 5 heteroatoms. The van der Waals surface area contributed by atoms with E-state index >= 15 is 0 Å². The van der Waals surface area contributed by atoms with E-state index in [4.69, 9.17) is 5.73 Å². The lowest BCUT2D eigenvalue weighted by Crippen LogP contribution is -2.03. The molecule has 0 bridgehead atoms. The fourth-order valence-corrected chi connectivity index (χ4v) is 2.12. The largest absolute Gasteiger partial charge is 0.397 e. The fraction of sp³-hybridized carbons (Fsp3) is 0.250. The van der Waals surface area contributed by atoms with E-state index in [1.807, 2.05) is 36.1 Å². The molecule has 0 saturated carbocycles. The molecule has 0 amide bonds. The van der Waals surface area contributed by atoms with Crippen LogP contribution in [-0.2, 0) is 13.6 Å². The molecule has 1 aromatic heterocycles. The lowest BCUT2D eigenvalue weighted by Gasteiger charge is -2.09. The number of hydrogen-bond donors (Lipinski definition) is 2. The van der Waals surface area contributed by atoms with E-state index in [1.54, 1.807) is 0 Å². The molecule has 0 unspecified atom stereocenters. The number of benzene rings is 1. The van der Waals surface area contributed by atoms with Gasteiger partial charge in [-0.15, -0.1) is 0 Å². The predicted molar refractivity (Wildman–Crippen MR) is 78.8 cm³/mol. The Labute approximate surface area is 114 Å². The maximum atomic E-state index is 5.94. The van der Waals surface area contributed by atoms with Crippen LogP contribution in [0.25, 0.3) is 0 Å². The number of aryl methyl sites for hydroxylation is 1. The third-order valence-electron chi connectivity index (χ3n) is 2.82. The number of nitrogen functional groups attached to an aromatic ring is 1. The zero-order valence-corrected chi connectivity index (χ0v) is 12.0. The highest BCUT2D eigenvalue weighted by atomic mass is 127. The zero-order valence-electron chi connectivity index (χ0n) is 9.87. The number of aromatic nitrogens is 2. The summed E-state index contributed by atoms with van der Waals surface area (Å²) in [5, 5.41) is 7.54. The number of rotatable bonds is 3. The van der Waals surface area contributed by atoms with Gasteiger partial charge in [0.15, 0.2) is 0 Å². The highest BCUT2D eigenvalue weighted by Gasteiger charge is 2.04. The summed E-state index contributed by atoms with van der Waals surface area (Å²) >= 11 is 2.25. The van der Waals surface area contributed by atoms with Crippen molar-refractivity contribution in [3.8, 4) is 0 Å². The van der Waals surface area contributed by atoms with E-state index in [-0.39, 0.29) is 0 Å². The van der Waals surface area contributed by atoms with Crippen molar-refractivity contribution in [3.63, 3.8) is 0 Å². The molecule has 0 radical (unpaired) electrons. The van der Waals surface area contributed by atoms with Crippen LogP contribution in [0.15, 0.2) is 24.4 Å². The van der Waals surface area contributed by atoms with Crippen molar-refractivity contribution >= 4 is 34.0 Å². The monoisotopic (exact) mass is 342 g/mol. The molecule has 0 aliphatic rings. The Morgan fingerprint density at radius 3 is 2.82 bits per heavy atom. The van der Waals surface area contributed by atoms with E-state index < -0.39 is 0 Å². The molecule has 2 rings (SSSR count). The molecule has 0 fully saturated rings. The summed E-state index contributed by atoms with van der Waals surface area (Å²) in [6, 6.07) is 6.00. The second-order valence-corrected chi connectivity index (χ2v) is 5.21. The Hall–Kier alpha value is -1.24. The summed E-state index contributed by atoms with van der Waals surface area (Å²) < 4.78 is 3.01. The summed E-state index contributed by atoms with van der Waals surface area (Å²) in [5.41, 5.74) is 10.0. The van der Waals surface area contributed by atoms with Crippen LogP contribution in [-0.4, -0.2) is 9.78 Å². The van der Waals surface area contributed by atoms with E-state index in [1.165, 1.54) is 11.3 Å². The molecule has 17 heavy (non-hydrogen) atoms. The number of nitrogens with zero attached hydrogens (tertiary/aromatic N) is 2. The quantitative estimate of drug-likeness (QED) is 0.666. The van der Waals surface area contributed by atoms with Crippen molar-refractivity contribution < 1.29 is 0 Å². The van der Waals surface area contributed by atoms with E-state index in [2.05, 4.69) is 39.9 Å². The van der Waals surface area contributed by atoms with Crippen molar-refractivity contribution in [2.45, 2.75) is 13.5 Å². The molecule has 4 nitrogen and oxygen atoms in total. The van der Waals surface area contributed by atoms with Crippen molar-refractivity contribution in [3.05, 3.63) is 39.2 Å². The Balaban J connectivity index is 2.10. The first-order valence-corrected chi connectivity index (χ1v) is 6.42. The van der Waals surface area contributed by atoms with Crippen LogP contribution >= 0.6 is 22.6 Å². The van der Waals surface area contributed by atoms with Crippen LogP contribution < -0.4 is 11.1 Å². The van der Waals surface area contributed by atoms with E-state index in [9.17, 15) is 0 Å². The third kappa shape index (κ3) is 2.71. The first-order chi connectivity index (χ1) is 8.08. The molecular weight excluding hydrogens is 327 g/mol. The molecule has 0 aliphatic carbocycles. The minimum Gasteiger partial charge on any atom is -0.397 e. The molecule has 3 N–H and O–H groups in total. The predicted octanol–water partition coefficient (Wildman–Crippen LogP) is 2.53. The lowest BCUT2D eigenvalue weighted by molar-refractivity contribution is 0.738. The Kier molecular flexibility index (Phi) is 3.56. The van der Waals surface area contributed by atoms with Crippen molar-refractivity contribution in [2.75, 3.05) is 11.1 Å². The molecule has 1 aromatic carbocycles. The van der Waals surface area contributed by atoms with E-state index in [0.29, 0.717) is 0 Å². The molecule has 0 aliphatic heterocycles. The molecule has 0 atom stereocenters. The van der Waals surface area contributed by atoms with Crippen LogP contribution in [0.4, 0.5) is 11.4 Å². The van der Waals surface area contributed by atoms with Crippen LogP contribution in [0.5, 0.6) is 0 Å². The minimum absolute atomic E-state index is 0.741. The molecule has 1 heterocycles. The SMILES string of the molecule is Cc1c(CNc2ccc(I)cc2N)cnn1C. The number of nitrogens with one attached hydrogen (secondary N) is 1.